The number of ether oxygens (including phenoxy) is 1. The number of aliphatic carboxylic acids is 1. The summed E-state index contributed by atoms with van der Waals surface area (Å²) >= 11 is 0. The Balaban J connectivity index is 2.70. The Morgan fingerprint density at radius 2 is 2.06 bits per heavy atom. The molecule has 1 N–H and O–H groups in total. The summed E-state index contributed by atoms with van der Waals surface area (Å²) in [5, 5.41) is 10.0. The first-order chi connectivity index (χ1) is 8.38. The summed E-state index contributed by atoms with van der Waals surface area (Å²) in [6, 6.07) is 4.77. The van der Waals surface area contributed by atoms with Gasteiger partial charge >= 0.3 is 5.97 Å². The standard InChI is InChI=1S/C12H12O5S/c1-7(12(13)14)9-6-18(15,16)11-8(9)4-3-5-10(11)17-2/h3-7H,1-2H3,(H,13,14). The molecule has 0 amide bonds. The fourth-order valence-corrected chi connectivity index (χ4v) is 3.66. The zero-order valence-corrected chi connectivity index (χ0v) is 10.7. The summed E-state index contributed by atoms with van der Waals surface area (Å²) in [5.41, 5.74) is 0.695. The molecule has 0 aromatic heterocycles. The molecule has 2 rings (SSSR count). The van der Waals surface area contributed by atoms with Crippen LogP contribution in [-0.4, -0.2) is 26.6 Å². The molecule has 0 radical (unpaired) electrons. The molecule has 0 fully saturated rings. The second-order valence-electron chi connectivity index (χ2n) is 4.02. The third-order valence-corrected chi connectivity index (χ3v) is 4.47. The van der Waals surface area contributed by atoms with Crippen molar-refractivity contribution in [3.8, 4) is 5.75 Å². The van der Waals surface area contributed by atoms with E-state index in [0.29, 0.717) is 5.56 Å². The van der Waals surface area contributed by atoms with Gasteiger partial charge < -0.3 is 9.84 Å². The highest BCUT2D eigenvalue weighted by Gasteiger charge is 2.34. The number of sulfone groups is 1. The van der Waals surface area contributed by atoms with Gasteiger partial charge in [-0.1, -0.05) is 12.1 Å². The summed E-state index contributed by atoms with van der Waals surface area (Å²) in [5.74, 6) is -1.71. The molecule has 96 valence electrons. The highest BCUT2D eigenvalue weighted by Crippen LogP contribution is 2.42. The van der Waals surface area contributed by atoms with Crippen molar-refractivity contribution in [2.24, 2.45) is 5.92 Å². The van der Waals surface area contributed by atoms with Crippen molar-refractivity contribution < 1.29 is 23.1 Å². The molecule has 1 aliphatic rings. The molecule has 0 saturated heterocycles. The fourth-order valence-electron chi connectivity index (χ4n) is 1.96. The van der Waals surface area contributed by atoms with Crippen LogP contribution in [0.1, 0.15) is 12.5 Å². The maximum absolute atomic E-state index is 12.0. The maximum Gasteiger partial charge on any atom is 0.310 e. The number of fused-ring (bicyclic) bond motifs is 1. The van der Waals surface area contributed by atoms with Crippen LogP contribution in [0.25, 0.3) is 5.57 Å². The number of carboxylic acid groups (broad SMARTS) is 1. The van der Waals surface area contributed by atoms with Gasteiger partial charge in [-0.25, -0.2) is 8.42 Å². The monoisotopic (exact) mass is 268 g/mol. The van der Waals surface area contributed by atoms with E-state index < -0.39 is 21.7 Å². The highest BCUT2D eigenvalue weighted by atomic mass is 32.2. The van der Waals surface area contributed by atoms with Gasteiger partial charge in [0.15, 0.2) is 0 Å². The lowest BCUT2D eigenvalue weighted by molar-refractivity contribution is -0.139. The first kappa shape index (κ1) is 12.6. The highest BCUT2D eigenvalue weighted by molar-refractivity contribution is 7.95. The van der Waals surface area contributed by atoms with E-state index in [1.807, 2.05) is 0 Å². The molecule has 1 aliphatic heterocycles. The predicted molar refractivity (Wildman–Crippen MR) is 65.0 cm³/mol. The second kappa shape index (κ2) is 4.13. The van der Waals surface area contributed by atoms with Crippen molar-refractivity contribution in [3.05, 3.63) is 29.2 Å². The second-order valence-corrected chi connectivity index (χ2v) is 5.75. The first-order valence-corrected chi connectivity index (χ1v) is 6.80. The van der Waals surface area contributed by atoms with E-state index in [1.54, 1.807) is 18.2 Å². The summed E-state index contributed by atoms with van der Waals surface area (Å²) < 4.78 is 29.1. The Labute approximate surface area is 105 Å². The summed E-state index contributed by atoms with van der Waals surface area (Å²) in [6.45, 7) is 1.46. The third kappa shape index (κ3) is 1.78. The van der Waals surface area contributed by atoms with Crippen LogP contribution in [0, 0.1) is 5.92 Å². The van der Waals surface area contributed by atoms with Crippen molar-refractivity contribution in [1.82, 2.24) is 0 Å². The van der Waals surface area contributed by atoms with Gasteiger partial charge in [-0.3, -0.25) is 4.79 Å². The Morgan fingerprint density at radius 3 is 2.61 bits per heavy atom. The van der Waals surface area contributed by atoms with Gasteiger partial charge in [-0.15, -0.1) is 0 Å². The molecule has 1 aromatic rings. The van der Waals surface area contributed by atoms with Gasteiger partial charge in [-0.2, -0.15) is 0 Å². The van der Waals surface area contributed by atoms with Gasteiger partial charge in [-0.05, 0) is 18.6 Å². The summed E-state index contributed by atoms with van der Waals surface area (Å²) in [6.07, 6.45) is 0. The maximum atomic E-state index is 12.0. The van der Waals surface area contributed by atoms with E-state index in [9.17, 15) is 13.2 Å². The number of methoxy groups -OCH3 is 1. The molecule has 0 bridgehead atoms. The number of hydrogen-bond donors (Lipinski definition) is 1. The van der Waals surface area contributed by atoms with E-state index in [0.717, 1.165) is 5.41 Å². The van der Waals surface area contributed by atoms with Crippen LogP contribution < -0.4 is 4.74 Å². The zero-order chi connectivity index (χ0) is 13.5. The van der Waals surface area contributed by atoms with Gasteiger partial charge in [0.2, 0.25) is 9.84 Å². The van der Waals surface area contributed by atoms with Crippen LogP contribution in [0.2, 0.25) is 0 Å². The number of carboxylic acids is 1. The van der Waals surface area contributed by atoms with Crippen LogP contribution in [0.5, 0.6) is 5.75 Å². The summed E-state index contributed by atoms with van der Waals surface area (Å²) in [4.78, 5) is 11.0. The lowest BCUT2D eigenvalue weighted by Gasteiger charge is -2.10. The van der Waals surface area contributed by atoms with Crippen LogP contribution in [0.15, 0.2) is 28.5 Å². The van der Waals surface area contributed by atoms with Crippen molar-refractivity contribution in [2.45, 2.75) is 11.8 Å². The largest absolute Gasteiger partial charge is 0.495 e. The smallest absolute Gasteiger partial charge is 0.310 e. The SMILES string of the molecule is COc1cccc2c1S(=O)(=O)C=C2C(C)C(=O)O. The van der Waals surface area contributed by atoms with Gasteiger partial charge in [0, 0.05) is 11.0 Å². The number of carbonyl (C=O) groups is 1. The molecule has 1 aromatic carbocycles. The molecule has 0 aliphatic carbocycles. The quantitative estimate of drug-likeness (QED) is 0.899. The molecule has 18 heavy (non-hydrogen) atoms. The average molecular weight is 268 g/mol. The minimum atomic E-state index is -3.63. The average Bonchev–Trinajstić information content (AvgIpc) is 2.60. The lowest BCUT2D eigenvalue weighted by Crippen LogP contribution is -2.10. The van der Waals surface area contributed by atoms with E-state index >= 15 is 0 Å². The van der Waals surface area contributed by atoms with E-state index in [1.165, 1.54) is 14.0 Å². The van der Waals surface area contributed by atoms with Crippen LogP contribution in [0.3, 0.4) is 0 Å². The van der Waals surface area contributed by atoms with Crippen molar-refractivity contribution in [1.29, 1.82) is 0 Å². The molecule has 5 nitrogen and oxygen atoms in total. The normalized spacial score (nSPS) is 17.8. The van der Waals surface area contributed by atoms with Crippen molar-refractivity contribution >= 4 is 21.4 Å². The fraction of sp³-hybridized carbons (Fsp3) is 0.250. The molecular weight excluding hydrogens is 256 g/mol. The van der Waals surface area contributed by atoms with Gasteiger partial charge in [0.1, 0.15) is 10.6 Å². The molecular formula is C12H12O5S. The zero-order valence-electron chi connectivity index (χ0n) is 9.88. The Kier molecular flexibility index (Phi) is 2.90. The Hall–Kier alpha value is -1.82. The molecule has 0 saturated carbocycles. The van der Waals surface area contributed by atoms with Crippen LogP contribution >= 0.6 is 0 Å². The minimum Gasteiger partial charge on any atom is -0.495 e. The van der Waals surface area contributed by atoms with Crippen molar-refractivity contribution in [3.63, 3.8) is 0 Å². The third-order valence-electron chi connectivity index (χ3n) is 2.91. The first-order valence-electron chi connectivity index (χ1n) is 5.25. The Morgan fingerprint density at radius 1 is 1.39 bits per heavy atom. The van der Waals surface area contributed by atoms with Gasteiger partial charge in [0.25, 0.3) is 0 Å². The van der Waals surface area contributed by atoms with Crippen LogP contribution in [0.4, 0.5) is 0 Å². The molecule has 6 heteroatoms. The molecule has 1 unspecified atom stereocenters. The number of rotatable bonds is 3. The molecule has 1 heterocycles. The topological polar surface area (TPSA) is 80.7 Å². The van der Waals surface area contributed by atoms with E-state index in [-0.39, 0.29) is 16.2 Å². The van der Waals surface area contributed by atoms with Gasteiger partial charge in [0.05, 0.1) is 13.0 Å². The van der Waals surface area contributed by atoms with E-state index in [4.69, 9.17) is 9.84 Å². The molecule has 0 spiro atoms. The summed E-state index contributed by atoms with van der Waals surface area (Å²) in [7, 11) is -2.25. The molecule has 1 atom stereocenters. The predicted octanol–water partition coefficient (Wildman–Crippen LogP) is 1.54. The van der Waals surface area contributed by atoms with Crippen LogP contribution in [-0.2, 0) is 14.6 Å². The lowest BCUT2D eigenvalue weighted by atomic mass is 9.95. The minimum absolute atomic E-state index is 0.0515. The number of hydrogen-bond acceptors (Lipinski definition) is 4. The van der Waals surface area contributed by atoms with E-state index in [2.05, 4.69) is 0 Å². The number of benzene rings is 1. The van der Waals surface area contributed by atoms with Crippen molar-refractivity contribution in [2.75, 3.05) is 7.11 Å². The Bertz CT molecular complexity index is 642.